The van der Waals surface area contributed by atoms with Gasteiger partial charge in [0.05, 0.1) is 0 Å². The number of nitrogens with one attached hydrogen (secondary N) is 1. The maximum atomic E-state index is 11.4. The second-order valence-electron chi connectivity index (χ2n) is 5.58. The molecule has 5 nitrogen and oxygen atoms in total. The van der Waals surface area contributed by atoms with E-state index in [1.54, 1.807) is 0 Å². The van der Waals surface area contributed by atoms with Gasteiger partial charge in [-0.05, 0) is 33.6 Å². The van der Waals surface area contributed by atoms with Gasteiger partial charge in [0.1, 0.15) is 11.5 Å². The molecule has 0 aromatic carbocycles. The van der Waals surface area contributed by atoms with Crippen molar-refractivity contribution < 1.29 is 14.3 Å². The second-order valence-corrected chi connectivity index (χ2v) is 5.85. The number of hydrogen-bond donors (Lipinski definition) is 2. The number of carbonyl (C=O) groups is 2. The van der Waals surface area contributed by atoms with Crippen molar-refractivity contribution in [2.24, 2.45) is 5.73 Å². The number of primary amides is 1. The molecule has 6 heteroatoms. The number of nitrogens with two attached hydrogens (primary N) is 1. The lowest BCUT2D eigenvalue weighted by atomic mass is 9.96. The van der Waals surface area contributed by atoms with E-state index >= 15 is 0 Å². The Bertz CT molecular complexity index is 284. The number of hydrogen-bond acceptors (Lipinski definition) is 3. The molecule has 1 fully saturated rings. The molecule has 0 aromatic heterocycles. The molecule has 0 spiro atoms. The standard InChI is InChI=1S/C11H21NO2.C2H4ClNO/c1-11(2,3)14-10(13)12-9-7-5-4-6-8-9;3-1-2(4)5/h9H,4-8H2,1-3H3,(H,12,13);1H2,(H2,4,5). The van der Waals surface area contributed by atoms with Crippen LogP contribution in [-0.4, -0.2) is 29.5 Å². The lowest BCUT2D eigenvalue weighted by Gasteiger charge is -2.25. The van der Waals surface area contributed by atoms with Crippen LogP contribution in [0.15, 0.2) is 0 Å². The monoisotopic (exact) mass is 292 g/mol. The van der Waals surface area contributed by atoms with Crippen LogP contribution in [0.5, 0.6) is 0 Å². The van der Waals surface area contributed by atoms with E-state index in [2.05, 4.69) is 11.1 Å². The van der Waals surface area contributed by atoms with Crippen LogP contribution in [0.25, 0.3) is 0 Å². The third-order valence-electron chi connectivity index (χ3n) is 2.46. The van der Waals surface area contributed by atoms with Gasteiger partial charge in [-0.1, -0.05) is 19.3 Å². The van der Waals surface area contributed by atoms with Crippen molar-refractivity contribution in [3.05, 3.63) is 0 Å². The molecule has 1 aliphatic carbocycles. The SMILES string of the molecule is CC(C)(C)OC(=O)NC1CCCCC1.NC(=O)CCl. The highest BCUT2D eigenvalue weighted by Crippen LogP contribution is 2.18. The van der Waals surface area contributed by atoms with Crippen LogP contribution < -0.4 is 11.1 Å². The number of rotatable bonds is 2. The number of alkyl halides is 1. The van der Waals surface area contributed by atoms with E-state index in [9.17, 15) is 9.59 Å². The van der Waals surface area contributed by atoms with Crippen LogP contribution in [0.2, 0.25) is 0 Å². The molecule has 3 N–H and O–H groups in total. The highest BCUT2D eigenvalue weighted by Gasteiger charge is 2.20. The highest BCUT2D eigenvalue weighted by molar-refractivity contribution is 6.27. The number of carbonyl (C=O) groups excluding carboxylic acids is 2. The first kappa shape index (κ1) is 18.0. The Balaban J connectivity index is 0.000000555. The summed E-state index contributed by atoms with van der Waals surface area (Å²) in [4.78, 5) is 20.9. The van der Waals surface area contributed by atoms with Crippen LogP contribution in [0.3, 0.4) is 0 Å². The Labute approximate surface area is 120 Å². The second kappa shape index (κ2) is 9.02. The molecule has 0 saturated heterocycles. The Morgan fingerprint density at radius 2 is 1.74 bits per heavy atom. The van der Waals surface area contributed by atoms with Crippen LogP contribution in [0, 0.1) is 0 Å². The summed E-state index contributed by atoms with van der Waals surface area (Å²) in [5.74, 6) is -0.563. The fourth-order valence-corrected chi connectivity index (χ4v) is 1.72. The molecule has 1 rings (SSSR count). The first-order valence-electron chi connectivity index (χ1n) is 6.58. The smallest absolute Gasteiger partial charge is 0.407 e. The van der Waals surface area contributed by atoms with Crippen LogP contribution in [0.4, 0.5) is 4.79 Å². The van der Waals surface area contributed by atoms with E-state index in [4.69, 9.17) is 16.3 Å². The molecular weight excluding hydrogens is 268 g/mol. The zero-order valence-corrected chi connectivity index (χ0v) is 12.8. The summed E-state index contributed by atoms with van der Waals surface area (Å²) >= 11 is 4.86. The molecular formula is C13H25ClN2O3. The Morgan fingerprint density at radius 1 is 1.26 bits per heavy atom. The van der Waals surface area contributed by atoms with E-state index in [0.29, 0.717) is 6.04 Å². The molecule has 112 valence electrons. The quantitative estimate of drug-likeness (QED) is 0.767. The summed E-state index contributed by atoms with van der Waals surface area (Å²) in [6.45, 7) is 5.65. The Hall–Kier alpha value is -0.970. The number of ether oxygens (including phenoxy) is 1. The van der Waals surface area contributed by atoms with E-state index in [1.807, 2.05) is 20.8 Å². The largest absolute Gasteiger partial charge is 0.444 e. The van der Waals surface area contributed by atoms with Gasteiger partial charge in [-0.15, -0.1) is 11.6 Å². The predicted molar refractivity (Wildman–Crippen MR) is 76.2 cm³/mol. The summed E-state index contributed by atoms with van der Waals surface area (Å²) in [5, 5.41) is 2.91. The zero-order chi connectivity index (χ0) is 14.9. The van der Waals surface area contributed by atoms with Gasteiger partial charge in [0.2, 0.25) is 5.91 Å². The molecule has 19 heavy (non-hydrogen) atoms. The molecule has 1 aliphatic rings. The van der Waals surface area contributed by atoms with Gasteiger partial charge in [0.15, 0.2) is 0 Å². The minimum Gasteiger partial charge on any atom is -0.444 e. The summed E-state index contributed by atoms with van der Waals surface area (Å²) in [5.41, 5.74) is 4.13. The molecule has 0 aliphatic heterocycles. The van der Waals surface area contributed by atoms with Crippen LogP contribution >= 0.6 is 11.6 Å². The zero-order valence-electron chi connectivity index (χ0n) is 12.0. The average Bonchev–Trinajstić information content (AvgIpc) is 2.28. The molecule has 2 amide bonds. The van der Waals surface area contributed by atoms with Gasteiger partial charge < -0.3 is 15.8 Å². The van der Waals surface area contributed by atoms with Crippen molar-refractivity contribution in [2.75, 3.05) is 5.88 Å². The van der Waals surface area contributed by atoms with Crippen LogP contribution in [0.1, 0.15) is 52.9 Å². The summed E-state index contributed by atoms with van der Waals surface area (Å²) in [6, 6.07) is 0.332. The van der Waals surface area contributed by atoms with Crippen molar-refractivity contribution >= 4 is 23.6 Å². The third kappa shape index (κ3) is 11.8. The summed E-state index contributed by atoms with van der Waals surface area (Å²) in [7, 11) is 0. The Kier molecular flexibility index (Phi) is 8.56. The first-order valence-corrected chi connectivity index (χ1v) is 7.12. The maximum Gasteiger partial charge on any atom is 0.407 e. The first-order chi connectivity index (χ1) is 8.74. The van der Waals surface area contributed by atoms with E-state index < -0.39 is 11.5 Å². The van der Waals surface area contributed by atoms with E-state index in [1.165, 1.54) is 19.3 Å². The summed E-state index contributed by atoms with van der Waals surface area (Å²) in [6.07, 6.45) is 5.66. The van der Waals surface area contributed by atoms with Gasteiger partial charge in [-0.2, -0.15) is 0 Å². The number of alkyl carbamates (subject to hydrolysis) is 1. The van der Waals surface area contributed by atoms with Gasteiger partial charge in [-0.25, -0.2) is 4.79 Å². The lowest BCUT2D eigenvalue weighted by Crippen LogP contribution is -2.39. The van der Waals surface area contributed by atoms with Crippen LogP contribution in [-0.2, 0) is 9.53 Å². The average molecular weight is 293 g/mol. The van der Waals surface area contributed by atoms with Crippen molar-refractivity contribution in [2.45, 2.75) is 64.5 Å². The highest BCUT2D eigenvalue weighted by atomic mass is 35.5. The van der Waals surface area contributed by atoms with Crippen molar-refractivity contribution in [1.82, 2.24) is 5.32 Å². The Morgan fingerprint density at radius 3 is 2.11 bits per heavy atom. The molecule has 0 atom stereocenters. The lowest BCUT2D eigenvalue weighted by molar-refractivity contribution is -0.115. The molecule has 0 unspecified atom stereocenters. The van der Waals surface area contributed by atoms with Gasteiger partial charge in [-0.3, -0.25) is 4.79 Å². The summed E-state index contributed by atoms with van der Waals surface area (Å²) < 4.78 is 5.19. The van der Waals surface area contributed by atoms with Gasteiger partial charge in [0, 0.05) is 6.04 Å². The normalized spacial score (nSPS) is 16.0. The van der Waals surface area contributed by atoms with Crippen molar-refractivity contribution in [3.63, 3.8) is 0 Å². The van der Waals surface area contributed by atoms with Gasteiger partial charge in [0.25, 0.3) is 0 Å². The predicted octanol–water partition coefficient (Wildman–Crippen LogP) is 2.55. The molecule has 0 bridgehead atoms. The number of amides is 2. The third-order valence-corrected chi connectivity index (χ3v) is 2.72. The minimum atomic E-state index is -0.480. The molecule has 0 aromatic rings. The van der Waals surface area contributed by atoms with E-state index in [0.717, 1.165) is 12.8 Å². The number of halogens is 1. The fraction of sp³-hybridized carbons (Fsp3) is 0.846. The molecule has 1 saturated carbocycles. The van der Waals surface area contributed by atoms with Crippen molar-refractivity contribution in [3.8, 4) is 0 Å². The topological polar surface area (TPSA) is 81.4 Å². The molecule has 0 heterocycles. The fourth-order valence-electron chi connectivity index (χ4n) is 1.72. The minimum absolute atomic E-state index is 0.0833. The van der Waals surface area contributed by atoms with Crippen molar-refractivity contribution in [1.29, 1.82) is 0 Å². The molecule has 0 radical (unpaired) electrons. The van der Waals surface area contributed by atoms with Gasteiger partial charge >= 0.3 is 6.09 Å². The maximum absolute atomic E-state index is 11.4. The van der Waals surface area contributed by atoms with E-state index in [-0.39, 0.29) is 12.0 Å².